The Labute approximate surface area is 279 Å². The molecule has 2 aliphatic rings. The number of rotatable bonds is 20. The highest BCUT2D eigenvalue weighted by Crippen LogP contribution is 2.44. The number of likely N-dealkylation sites (N-methyl/N-ethyl adjacent to an activating group) is 1. The third-order valence-electron chi connectivity index (χ3n) is 8.61. The number of carbonyl (C=O) groups is 2. The van der Waals surface area contributed by atoms with Crippen molar-refractivity contribution in [3.8, 4) is 5.75 Å². The normalized spacial score (nSPS) is 18.0. The van der Waals surface area contributed by atoms with Gasteiger partial charge in [-0.1, -0.05) is 41.8 Å². The molecular formula is C34H45Cl2NO9. The Bertz CT molecular complexity index is 1330. The van der Waals surface area contributed by atoms with Crippen molar-refractivity contribution in [2.24, 2.45) is 0 Å². The molecule has 0 aliphatic heterocycles. The van der Waals surface area contributed by atoms with E-state index in [-0.39, 0.29) is 37.2 Å². The first-order valence-electron chi connectivity index (χ1n) is 15.9. The maximum atomic E-state index is 13.5. The highest BCUT2D eigenvalue weighted by atomic mass is 35.5. The number of nitrogens with zero attached hydrogens (tertiary/aromatic N) is 1. The molecule has 0 heterocycles. The number of hydrogen-bond donors (Lipinski definition) is 5. The van der Waals surface area contributed by atoms with Crippen LogP contribution in [0.1, 0.15) is 75.3 Å². The van der Waals surface area contributed by atoms with E-state index in [1.807, 2.05) is 30.3 Å². The van der Waals surface area contributed by atoms with E-state index in [1.54, 1.807) is 18.0 Å². The summed E-state index contributed by atoms with van der Waals surface area (Å²) >= 11 is 13.2. The van der Waals surface area contributed by atoms with Crippen LogP contribution in [-0.4, -0.2) is 87.0 Å². The van der Waals surface area contributed by atoms with Crippen molar-refractivity contribution in [1.29, 1.82) is 0 Å². The molecule has 10 nitrogen and oxygen atoms in total. The van der Waals surface area contributed by atoms with Crippen LogP contribution in [0.5, 0.6) is 5.75 Å². The highest BCUT2D eigenvalue weighted by molar-refractivity contribution is 6.34. The Morgan fingerprint density at radius 2 is 1.59 bits per heavy atom. The average Bonchev–Trinajstić information content (AvgIpc) is 4.00. The van der Waals surface area contributed by atoms with E-state index in [0.717, 1.165) is 36.9 Å². The second-order valence-corrected chi connectivity index (χ2v) is 13.2. The van der Waals surface area contributed by atoms with E-state index < -0.39 is 36.6 Å². The van der Waals surface area contributed by atoms with Crippen LogP contribution in [0.2, 0.25) is 10.0 Å². The van der Waals surface area contributed by atoms with E-state index in [4.69, 9.17) is 37.8 Å². The van der Waals surface area contributed by atoms with Crippen molar-refractivity contribution in [2.45, 2.75) is 113 Å². The zero-order chi connectivity index (χ0) is 33.4. The summed E-state index contributed by atoms with van der Waals surface area (Å²) in [6, 6.07) is 11.1. The van der Waals surface area contributed by atoms with E-state index in [2.05, 4.69) is 0 Å². The van der Waals surface area contributed by atoms with Gasteiger partial charge in [0.15, 0.2) is 0 Å². The molecule has 0 radical (unpaired) electrons. The van der Waals surface area contributed by atoms with Crippen molar-refractivity contribution < 1.29 is 44.6 Å². The average molecular weight is 683 g/mol. The molecule has 0 bridgehead atoms. The summed E-state index contributed by atoms with van der Waals surface area (Å²) in [4.78, 5) is 27.3. The van der Waals surface area contributed by atoms with Gasteiger partial charge in [-0.15, -0.1) is 0 Å². The number of hydrogen-bond acceptors (Lipinski definition) is 9. The number of unbranched alkanes of at least 4 members (excludes halogenated alkanes) is 2. The van der Waals surface area contributed by atoms with Gasteiger partial charge in [-0.25, -0.2) is 0 Å². The topological polar surface area (TPSA) is 157 Å². The first-order chi connectivity index (χ1) is 22.0. The summed E-state index contributed by atoms with van der Waals surface area (Å²) in [5.74, 6) is 0.490. The maximum absolute atomic E-state index is 13.5. The largest absolute Gasteiger partial charge is 0.488 e. The van der Waals surface area contributed by atoms with Gasteiger partial charge in [-0.3, -0.25) is 9.59 Å². The summed E-state index contributed by atoms with van der Waals surface area (Å²) in [5, 5.41) is 48.8. The predicted octanol–water partition coefficient (Wildman–Crippen LogP) is 4.13. The van der Waals surface area contributed by atoms with Gasteiger partial charge in [0.1, 0.15) is 35.4 Å². The number of Topliss-reactive ketones (excluding diaryl/α,β-unsaturated/α-hetero) is 1. The molecule has 0 spiro atoms. The zero-order valence-corrected chi connectivity index (χ0v) is 27.6. The van der Waals surface area contributed by atoms with Crippen LogP contribution in [0.25, 0.3) is 0 Å². The maximum Gasteiger partial charge on any atom is 0.259 e. The van der Waals surface area contributed by atoms with Gasteiger partial charge < -0.3 is 39.9 Å². The van der Waals surface area contributed by atoms with Crippen LogP contribution in [0.3, 0.4) is 0 Å². The van der Waals surface area contributed by atoms with Gasteiger partial charge in [0.2, 0.25) is 0 Å². The minimum absolute atomic E-state index is 0.0242. The Hall–Kier alpha value is -2.28. The van der Waals surface area contributed by atoms with Crippen LogP contribution < -0.4 is 9.64 Å². The van der Waals surface area contributed by atoms with Crippen molar-refractivity contribution in [1.82, 2.24) is 0 Å². The molecule has 2 aromatic rings. The van der Waals surface area contributed by atoms with E-state index in [0.29, 0.717) is 53.5 Å². The minimum Gasteiger partial charge on any atom is -0.488 e. The number of aliphatic hydroxyl groups excluding tert-OH is 5. The van der Waals surface area contributed by atoms with E-state index in [1.165, 1.54) is 0 Å². The van der Waals surface area contributed by atoms with Crippen LogP contribution in [-0.2, 0) is 27.4 Å². The lowest BCUT2D eigenvalue weighted by Gasteiger charge is -2.26. The fraction of sp³-hybridized carbons (Fsp3) is 0.588. The summed E-state index contributed by atoms with van der Waals surface area (Å²) in [6.07, 6.45) is 0.289. The number of anilines is 1. The molecule has 1 amide bonds. The number of amides is 1. The second kappa shape index (κ2) is 16.7. The van der Waals surface area contributed by atoms with Gasteiger partial charge in [0.25, 0.3) is 5.91 Å². The standard InChI is InChI=1S/C34H45Cl2NO9/c1-37(27-9-5-6-10-30(27)46-24-12-13-24)33(44)34(15-16-34)45-20-22-18-25(35)21(17-26(22)36)7-3-2-4-8-23(39)11-14-28(40)31(42)32(43)29(41)19-38/h5-6,9-10,17-18,24,28-29,31-32,38,40-43H,2-4,7-8,11-16,19-20H2,1H3/t28-,29+,31+,32+/m0/s1. The predicted molar refractivity (Wildman–Crippen MR) is 174 cm³/mol. The van der Waals surface area contributed by atoms with Crippen molar-refractivity contribution >= 4 is 40.6 Å². The molecule has 5 N–H and O–H groups in total. The van der Waals surface area contributed by atoms with Gasteiger partial charge in [0.05, 0.1) is 31.1 Å². The lowest BCUT2D eigenvalue weighted by molar-refractivity contribution is -0.133. The number of ketones is 1. The molecule has 46 heavy (non-hydrogen) atoms. The molecule has 254 valence electrons. The number of carbonyl (C=O) groups excluding carboxylic acids is 2. The zero-order valence-electron chi connectivity index (χ0n) is 26.1. The van der Waals surface area contributed by atoms with Gasteiger partial charge in [-0.2, -0.15) is 0 Å². The highest BCUT2D eigenvalue weighted by Gasteiger charge is 2.53. The Kier molecular flexibility index (Phi) is 13.3. The molecule has 4 atom stereocenters. The quantitative estimate of drug-likeness (QED) is 0.130. The number of benzene rings is 2. The monoisotopic (exact) mass is 681 g/mol. The molecule has 0 saturated heterocycles. The van der Waals surface area contributed by atoms with Crippen LogP contribution in [0.4, 0.5) is 5.69 Å². The molecule has 0 aromatic heterocycles. The lowest BCUT2D eigenvalue weighted by atomic mass is 9.97. The summed E-state index contributed by atoms with van der Waals surface area (Å²) < 4.78 is 12.2. The smallest absolute Gasteiger partial charge is 0.259 e. The Morgan fingerprint density at radius 1 is 0.935 bits per heavy atom. The SMILES string of the molecule is CN(C(=O)C1(OCc2cc(Cl)c(CCCCCC(=O)CC[C@H](O)[C@@H](O)[C@H](O)[C@H](O)CO)cc2Cl)CC1)c1ccccc1OC1CC1. The van der Waals surface area contributed by atoms with Gasteiger partial charge >= 0.3 is 0 Å². The minimum atomic E-state index is -1.70. The molecule has 4 rings (SSSR count). The third-order valence-corrected chi connectivity index (χ3v) is 9.31. The molecule has 2 fully saturated rings. The second-order valence-electron chi connectivity index (χ2n) is 12.4. The molecular weight excluding hydrogens is 637 g/mol. The summed E-state index contributed by atoms with van der Waals surface area (Å²) in [6.45, 7) is -0.610. The number of aryl methyl sites for hydroxylation is 1. The number of aliphatic hydroxyl groups is 5. The van der Waals surface area contributed by atoms with E-state index >= 15 is 0 Å². The molecule has 2 aliphatic carbocycles. The molecule has 12 heteroatoms. The van der Waals surface area contributed by atoms with Gasteiger partial charge in [0, 0.05) is 29.9 Å². The first-order valence-corrected chi connectivity index (χ1v) is 16.7. The molecule has 2 aromatic carbocycles. The van der Waals surface area contributed by atoms with E-state index in [9.17, 15) is 30.0 Å². The fourth-order valence-corrected chi connectivity index (χ4v) is 5.80. The van der Waals surface area contributed by atoms with Crippen LogP contribution in [0, 0.1) is 0 Å². The number of halogens is 2. The van der Waals surface area contributed by atoms with Crippen LogP contribution in [0.15, 0.2) is 36.4 Å². The van der Waals surface area contributed by atoms with Crippen molar-refractivity contribution in [2.75, 3.05) is 18.6 Å². The Morgan fingerprint density at radius 3 is 2.26 bits per heavy atom. The Balaban J connectivity index is 1.19. The number of para-hydroxylation sites is 2. The van der Waals surface area contributed by atoms with Crippen molar-refractivity contribution in [3.05, 3.63) is 57.6 Å². The third kappa shape index (κ3) is 9.87. The van der Waals surface area contributed by atoms with Crippen LogP contribution >= 0.6 is 23.2 Å². The fourth-order valence-electron chi connectivity index (χ4n) is 5.28. The lowest BCUT2D eigenvalue weighted by Crippen LogP contribution is -2.45. The first kappa shape index (κ1) is 36.6. The number of ether oxygens (including phenoxy) is 2. The molecule has 2 saturated carbocycles. The van der Waals surface area contributed by atoms with Gasteiger partial charge in [-0.05, 0) is 86.8 Å². The summed E-state index contributed by atoms with van der Waals surface area (Å²) in [5.41, 5.74) is 1.39. The van der Waals surface area contributed by atoms with Crippen molar-refractivity contribution in [3.63, 3.8) is 0 Å². The summed E-state index contributed by atoms with van der Waals surface area (Å²) in [7, 11) is 1.74. The molecule has 0 unspecified atom stereocenters.